The zero-order valence-corrected chi connectivity index (χ0v) is 24.4. The minimum Gasteiger partial charge on any atom is -0.293 e. The third kappa shape index (κ3) is 3.92. The molecule has 1 aliphatic rings. The highest BCUT2D eigenvalue weighted by Crippen LogP contribution is 2.39. The van der Waals surface area contributed by atoms with Gasteiger partial charge in [0.05, 0.1) is 21.7 Å². The molecular weight excluding hydrogens is 524 g/mol. The highest BCUT2D eigenvalue weighted by Gasteiger charge is 2.34. The number of aryl methyl sites for hydroxylation is 5. The second-order valence-corrected chi connectivity index (χ2v) is 12.1. The molecule has 6 aromatic rings. The number of para-hydroxylation sites is 1. The van der Waals surface area contributed by atoms with Crippen molar-refractivity contribution in [1.82, 2.24) is 9.55 Å². The molecule has 0 amide bonds. The molecule has 0 aliphatic heterocycles. The first kappa shape index (κ1) is 25.4. The van der Waals surface area contributed by atoms with E-state index in [1.807, 2.05) is 42.5 Å². The van der Waals surface area contributed by atoms with Gasteiger partial charge in [0.15, 0.2) is 17.2 Å². The van der Waals surface area contributed by atoms with Crippen LogP contribution in [0.1, 0.15) is 54.2 Å². The Morgan fingerprint density at radius 1 is 0.707 bits per heavy atom. The summed E-state index contributed by atoms with van der Waals surface area (Å²) in [6, 6.07) is 24.2. The highest BCUT2D eigenvalue weighted by molar-refractivity contribution is 7.21. The van der Waals surface area contributed by atoms with Gasteiger partial charge in [0.1, 0.15) is 5.01 Å². The Morgan fingerprint density at radius 3 is 1.88 bits per heavy atom. The number of allylic oxidation sites excluding steroid dienone is 1. The quantitative estimate of drug-likeness (QED) is 0.163. The molecule has 0 saturated carbocycles. The summed E-state index contributed by atoms with van der Waals surface area (Å²) in [5.41, 5.74) is 10.7. The maximum atomic E-state index is 13.6. The van der Waals surface area contributed by atoms with E-state index in [4.69, 9.17) is 4.98 Å². The van der Waals surface area contributed by atoms with Gasteiger partial charge in [0, 0.05) is 16.7 Å². The van der Waals surface area contributed by atoms with Crippen LogP contribution in [0.3, 0.4) is 0 Å². The Balaban J connectivity index is 1.45. The summed E-state index contributed by atoms with van der Waals surface area (Å²) in [6.45, 7) is 10.5. The number of Topliss-reactive ketones (excluding diaryl/α,β-unsaturated/α-hetero) is 2. The van der Waals surface area contributed by atoms with Crippen LogP contribution in [0.4, 0.5) is 0 Å². The van der Waals surface area contributed by atoms with Gasteiger partial charge in [-0.05, 0) is 91.9 Å². The van der Waals surface area contributed by atoms with E-state index in [9.17, 15) is 9.59 Å². The first-order chi connectivity index (χ1) is 19.7. The summed E-state index contributed by atoms with van der Waals surface area (Å²) in [5, 5.41) is 2.87. The molecule has 4 nitrogen and oxygen atoms in total. The third-order valence-corrected chi connectivity index (χ3v) is 9.10. The summed E-state index contributed by atoms with van der Waals surface area (Å²) in [7, 11) is 0. The molecule has 0 N–H and O–H groups in total. The molecule has 0 bridgehead atoms. The van der Waals surface area contributed by atoms with Crippen molar-refractivity contribution in [2.24, 2.45) is 0 Å². The van der Waals surface area contributed by atoms with Crippen LogP contribution >= 0.6 is 11.3 Å². The fourth-order valence-electron chi connectivity index (χ4n) is 6.31. The van der Waals surface area contributed by atoms with E-state index in [0.29, 0.717) is 11.1 Å². The van der Waals surface area contributed by atoms with Crippen molar-refractivity contribution in [2.75, 3.05) is 0 Å². The van der Waals surface area contributed by atoms with Crippen LogP contribution in [0.5, 0.6) is 0 Å². The fraction of sp³-hybridized carbons (Fsp3) is 0.139. The van der Waals surface area contributed by atoms with Crippen molar-refractivity contribution in [1.29, 1.82) is 0 Å². The minimum atomic E-state index is -0.229. The van der Waals surface area contributed by atoms with Crippen molar-refractivity contribution >= 4 is 50.1 Å². The number of aromatic nitrogens is 2. The molecule has 0 radical (unpaired) electrons. The molecule has 4 aromatic carbocycles. The molecule has 5 heteroatoms. The number of hydrogen-bond donors (Lipinski definition) is 0. The molecule has 0 atom stereocenters. The molecule has 41 heavy (non-hydrogen) atoms. The Hall–Kier alpha value is -4.61. The Kier molecular flexibility index (Phi) is 5.70. The number of nitrogens with zero attached hydrogens (tertiary/aromatic N) is 2. The van der Waals surface area contributed by atoms with E-state index in [-0.39, 0.29) is 17.1 Å². The van der Waals surface area contributed by atoms with Crippen molar-refractivity contribution in [3.63, 3.8) is 0 Å². The largest absolute Gasteiger partial charge is 0.293 e. The van der Waals surface area contributed by atoms with Crippen molar-refractivity contribution in [3.05, 3.63) is 123 Å². The average Bonchev–Trinajstić information content (AvgIpc) is 3.54. The van der Waals surface area contributed by atoms with Crippen LogP contribution in [0.25, 0.3) is 43.5 Å². The first-order valence-electron chi connectivity index (χ1n) is 13.7. The van der Waals surface area contributed by atoms with Crippen molar-refractivity contribution < 1.29 is 9.59 Å². The maximum absolute atomic E-state index is 13.6. The summed E-state index contributed by atoms with van der Waals surface area (Å²) in [5.74, 6) is -0.458. The second kappa shape index (κ2) is 9.22. The predicted octanol–water partition coefficient (Wildman–Crippen LogP) is 8.91. The number of thiazole rings is 1. The fourth-order valence-corrected chi connectivity index (χ4v) is 7.48. The van der Waals surface area contributed by atoms with Crippen molar-refractivity contribution in [2.45, 2.75) is 34.6 Å². The van der Waals surface area contributed by atoms with Gasteiger partial charge in [-0.15, -0.1) is 11.3 Å². The number of ketones is 2. The lowest BCUT2D eigenvalue weighted by molar-refractivity contribution is 0.0990. The van der Waals surface area contributed by atoms with Crippen LogP contribution in [0, 0.1) is 34.6 Å². The Labute approximate surface area is 242 Å². The van der Waals surface area contributed by atoms with E-state index < -0.39 is 0 Å². The number of hydrogen-bond acceptors (Lipinski definition) is 4. The van der Waals surface area contributed by atoms with E-state index in [0.717, 1.165) is 54.2 Å². The van der Waals surface area contributed by atoms with Gasteiger partial charge in [-0.25, -0.2) is 4.98 Å². The molecular formula is C36H28N2O2S. The molecule has 0 spiro atoms. The summed E-state index contributed by atoms with van der Waals surface area (Å²) < 4.78 is 3.13. The molecule has 1 aliphatic carbocycles. The van der Waals surface area contributed by atoms with Gasteiger partial charge in [-0.3, -0.25) is 14.2 Å². The Morgan fingerprint density at radius 2 is 1.29 bits per heavy atom. The first-order valence-corrected chi connectivity index (χ1v) is 14.5. The standard InChI is InChI=1S/C36H28N2O2S/c1-19-13-22(4)31(23(5)14-19)36-37-35-30(41-36)18-26(38(35)32-20(2)9-8-10-21(32)3)17-29-33(39)27-15-24-11-6-7-12-25(24)16-28(27)34(29)40/h6-18H,1-5H3. The van der Waals surface area contributed by atoms with Gasteiger partial charge in [-0.2, -0.15) is 0 Å². The lowest BCUT2D eigenvalue weighted by Crippen LogP contribution is -2.05. The van der Waals surface area contributed by atoms with Crippen LogP contribution in [0.2, 0.25) is 0 Å². The highest BCUT2D eigenvalue weighted by atomic mass is 32.1. The van der Waals surface area contributed by atoms with E-state index in [1.165, 1.54) is 16.7 Å². The molecule has 0 fully saturated rings. The molecule has 0 saturated heterocycles. The lowest BCUT2D eigenvalue weighted by atomic mass is 10.0. The zero-order chi connectivity index (χ0) is 28.6. The van der Waals surface area contributed by atoms with Crippen LogP contribution in [-0.2, 0) is 0 Å². The van der Waals surface area contributed by atoms with Crippen LogP contribution < -0.4 is 0 Å². The maximum Gasteiger partial charge on any atom is 0.197 e. The van der Waals surface area contributed by atoms with Crippen LogP contribution in [-0.4, -0.2) is 21.1 Å². The zero-order valence-electron chi connectivity index (χ0n) is 23.6. The van der Waals surface area contributed by atoms with Crippen molar-refractivity contribution in [3.8, 4) is 16.3 Å². The summed E-state index contributed by atoms with van der Waals surface area (Å²) in [6.07, 6.45) is 1.76. The SMILES string of the molecule is Cc1cc(C)c(-c2nc3c(cc(C=C4C(=O)c5cc6ccccc6cc5C4=O)n3-c3c(C)cccc3C)s2)c(C)c1. The number of fused-ring (bicyclic) bond motifs is 3. The smallest absolute Gasteiger partial charge is 0.197 e. The molecule has 0 unspecified atom stereocenters. The van der Waals surface area contributed by atoms with Gasteiger partial charge in [0.2, 0.25) is 0 Å². The van der Waals surface area contributed by atoms with Gasteiger partial charge < -0.3 is 0 Å². The topological polar surface area (TPSA) is 52.0 Å². The average molecular weight is 553 g/mol. The van der Waals surface area contributed by atoms with Gasteiger partial charge in [-0.1, -0.05) is 60.2 Å². The number of carbonyl (C=O) groups is 2. The predicted molar refractivity (Wildman–Crippen MR) is 169 cm³/mol. The number of carbonyl (C=O) groups excluding carboxylic acids is 2. The third-order valence-electron chi connectivity index (χ3n) is 8.09. The van der Waals surface area contributed by atoms with E-state index in [1.54, 1.807) is 17.4 Å². The minimum absolute atomic E-state index is 0.193. The Bertz CT molecular complexity index is 2040. The normalized spacial score (nSPS) is 13.0. The number of benzene rings is 4. The monoisotopic (exact) mass is 552 g/mol. The summed E-state index contributed by atoms with van der Waals surface area (Å²) >= 11 is 1.64. The van der Waals surface area contributed by atoms with Gasteiger partial charge in [0.25, 0.3) is 0 Å². The molecule has 2 aromatic heterocycles. The second-order valence-electron chi connectivity index (χ2n) is 11.1. The van der Waals surface area contributed by atoms with Crippen LogP contribution in [0.15, 0.2) is 78.4 Å². The van der Waals surface area contributed by atoms with Gasteiger partial charge >= 0.3 is 0 Å². The number of rotatable bonds is 3. The van der Waals surface area contributed by atoms with E-state index in [2.05, 4.69) is 69.5 Å². The van der Waals surface area contributed by atoms with E-state index >= 15 is 0 Å². The lowest BCUT2D eigenvalue weighted by Gasteiger charge is -2.14. The molecule has 7 rings (SSSR count). The molecule has 200 valence electrons. The molecule has 2 heterocycles. The summed E-state index contributed by atoms with van der Waals surface area (Å²) in [4.78, 5) is 32.4.